The van der Waals surface area contributed by atoms with Gasteiger partial charge in [-0.25, -0.2) is 9.18 Å². The molecule has 0 bridgehead atoms. The lowest BCUT2D eigenvalue weighted by Crippen LogP contribution is -2.69. The first-order valence-electron chi connectivity index (χ1n) is 11.0. The number of hydrogen-bond acceptors (Lipinski definition) is 4. The Bertz CT molecular complexity index is 892. The SMILES string of the molecule is CC(C)(C)N(C(=O)c1ccc(N(CCCl)CCCl)c(F)c1)[C@@](CCC(=O)O)(C(=O)O)C(C)(C)C. The predicted molar refractivity (Wildman–Crippen MR) is 133 cm³/mol. The maximum Gasteiger partial charge on any atom is 0.330 e. The number of carbonyl (C=O) groups is 3. The quantitative estimate of drug-likeness (QED) is 0.394. The summed E-state index contributed by atoms with van der Waals surface area (Å²) in [5, 5.41) is 19.7. The summed E-state index contributed by atoms with van der Waals surface area (Å²) in [7, 11) is 0. The van der Waals surface area contributed by atoms with Crippen LogP contribution in [0.2, 0.25) is 0 Å². The third kappa shape index (κ3) is 6.54. The lowest BCUT2D eigenvalue weighted by atomic mass is 9.67. The normalized spacial score (nSPS) is 13.8. The number of aliphatic carboxylic acids is 2. The van der Waals surface area contributed by atoms with Crippen molar-refractivity contribution in [1.29, 1.82) is 0 Å². The first-order valence-corrected chi connectivity index (χ1v) is 12.1. The summed E-state index contributed by atoms with van der Waals surface area (Å²) < 4.78 is 15.1. The summed E-state index contributed by atoms with van der Waals surface area (Å²) in [6.45, 7) is 10.7. The second-order valence-corrected chi connectivity index (χ2v) is 10.9. The zero-order valence-corrected chi connectivity index (χ0v) is 22.1. The molecule has 2 N–H and O–H groups in total. The molecule has 10 heteroatoms. The zero-order valence-electron chi connectivity index (χ0n) is 20.6. The van der Waals surface area contributed by atoms with Crippen molar-refractivity contribution in [2.24, 2.45) is 5.41 Å². The molecule has 7 nitrogen and oxygen atoms in total. The van der Waals surface area contributed by atoms with Crippen LogP contribution in [0.3, 0.4) is 0 Å². The summed E-state index contributed by atoms with van der Waals surface area (Å²) in [6, 6.07) is 3.94. The number of carboxylic acids is 2. The van der Waals surface area contributed by atoms with Crippen molar-refractivity contribution >= 4 is 46.7 Å². The smallest absolute Gasteiger partial charge is 0.330 e. The summed E-state index contributed by atoms with van der Waals surface area (Å²) >= 11 is 11.6. The average molecular weight is 521 g/mol. The topological polar surface area (TPSA) is 98.2 Å². The summed E-state index contributed by atoms with van der Waals surface area (Å²) in [5.74, 6) is -3.36. The highest BCUT2D eigenvalue weighted by atomic mass is 35.5. The van der Waals surface area contributed by atoms with E-state index in [9.17, 15) is 24.6 Å². The Labute approximate surface area is 210 Å². The van der Waals surface area contributed by atoms with E-state index in [4.69, 9.17) is 23.2 Å². The number of alkyl halides is 2. The Morgan fingerprint density at radius 3 is 1.85 bits per heavy atom. The van der Waals surface area contributed by atoms with Crippen molar-refractivity contribution in [2.45, 2.75) is 65.5 Å². The Balaban J connectivity index is 3.70. The standard InChI is InChI=1S/C24H35Cl2FN2O5/c1-22(2,3)24(21(33)34,10-9-19(30)31)29(23(4,5)6)20(32)16-7-8-18(17(27)15-16)28(13-11-25)14-12-26/h7-8,15H,9-14H2,1-6H3,(H,30,31)(H,33,34)/t24-/m0/s1. The second-order valence-electron chi connectivity index (χ2n) is 10.2. The number of amides is 1. The Kier molecular flexibility index (Phi) is 10.2. The van der Waals surface area contributed by atoms with Gasteiger partial charge >= 0.3 is 11.9 Å². The van der Waals surface area contributed by atoms with E-state index in [2.05, 4.69) is 0 Å². The molecule has 1 atom stereocenters. The van der Waals surface area contributed by atoms with Crippen LogP contribution in [0.4, 0.5) is 10.1 Å². The minimum atomic E-state index is -1.88. The molecule has 192 valence electrons. The van der Waals surface area contributed by atoms with E-state index in [0.717, 1.165) is 6.07 Å². The van der Waals surface area contributed by atoms with Crippen LogP contribution in [0.25, 0.3) is 0 Å². The minimum absolute atomic E-state index is 0.0435. The molecule has 0 aromatic heterocycles. The number of rotatable bonds is 11. The lowest BCUT2D eigenvalue weighted by Gasteiger charge is -2.54. The van der Waals surface area contributed by atoms with Crippen molar-refractivity contribution in [1.82, 2.24) is 4.90 Å². The molecular formula is C24H35Cl2FN2O5. The number of hydrogen-bond donors (Lipinski definition) is 2. The molecule has 0 aliphatic rings. The zero-order chi connectivity index (χ0) is 26.5. The second kappa shape index (κ2) is 11.6. The van der Waals surface area contributed by atoms with E-state index in [1.165, 1.54) is 17.0 Å². The number of benzene rings is 1. The van der Waals surface area contributed by atoms with Crippen molar-refractivity contribution < 1.29 is 29.0 Å². The third-order valence-electron chi connectivity index (χ3n) is 5.80. The third-order valence-corrected chi connectivity index (χ3v) is 6.13. The molecule has 1 amide bonds. The average Bonchev–Trinajstić information content (AvgIpc) is 2.68. The molecule has 1 rings (SSSR count). The highest BCUT2D eigenvalue weighted by Crippen LogP contribution is 2.44. The monoisotopic (exact) mass is 520 g/mol. The van der Waals surface area contributed by atoms with Gasteiger partial charge in [0.05, 0.1) is 5.69 Å². The van der Waals surface area contributed by atoms with Gasteiger partial charge in [0.2, 0.25) is 0 Å². The minimum Gasteiger partial charge on any atom is -0.481 e. The van der Waals surface area contributed by atoms with Gasteiger partial charge in [-0.3, -0.25) is 9.59 Å². The summed E-state index contributed by atoms with van der Waals surface area (Å²) in [4.78, 5) is 40.8. The van der Waals surface area contributed by atoms with Gasteiger partial charge in [0.25, 0.3) is 5.91 Å². The molecule has 0 fully saturated rings. The molecule has 1 aromatic rings. The molecule has 0 aliphatic heterocycles. The fourth-order valence-electron chi connectivity index (χ4n) is 4.27. The fraction of sp³-hybridized carbons (Fsp3) is 0.625. The molecule has 0 unspecified atom stereocenters. The molecule has 0 radical (unpaired) electrons. The number of halogens is 3. The van der Waals surface area contributed by atoms with Gasteiger partial charge in [-0.05, 0) is 50.8 Å². The van der Waals surface area contributed by atoms with Crippen molar-refractivity contribution in [3.05, 3.63) is 29.6 Å². The van der Waals surface area contributed by atoms with E-state index in [1.54, 1.807) is 46.4 Å². The van der Waals surface area contributed by atoms with Crippen molar-refractivity contribution in [3.63, 3.8) is 0 Å². The van der Waals surface area contributed by atoms with Crippen LogP contribution in [0.1, 0.15) is 64.7 Å². The van der Waals surface area contributed by atoms with Crippen LogP contribution in [-0.4, -0.2) is 68.9 Å². The number of carbonyl (C=O) groups excluding carboxylic acids is 1. The van der Waals surface area contributed by atoms with Gasteiger partial charge in [0.15, 0.2) is 0 Å². The van der Waals surface area contributed by atoms with Crippen LogP contribution in [0, 0.1) is 11.2 Å². The van der Waals surface area contributed by atoms with Crippen LogP contribution < -0.4 is 4.90 Å². The fourth-order valence-corrected chi connectivity index (χ4v) is 4.67. The van der Waals surface area contributed by atoms with Crippen molar-refractivity contribution in [3.8, 4) is 0 Å². The van der Waals surface area contributed by atoms with E-state index < -0.39 is 46.6 Å². The highest BCUT2D eigenvalue weighted by molar-refractivity contribution is 6.18. The Morgan fingerprint density at radius 2 is 1.50 bits per heavy atom. The van der Waals surface area contributed by atoms with Gasteiger partial charge < -0.3 is 20.0 Å². The van der Waals surface area contributed by atoms with Crippen LogP contribution >= 0.6 is 23.2 Å². The van der Waals surface area contributed by atoms with Crippen LogP contribution in [-0.2, 0) is 9.59 Å². The maximum absolute atomic E-state index is 15.1. The highest BCUT2D eigenvalue weighted by Gasteiger charge is 2.58. The van der Waals surface area contributed by atoms with Gasteiger partial charge in [-0.2, -0.15) is 0 Å². The molecule has 34 heavy (non-hydrogen) atoms. The Morgan fingerprint density at radius 1 is 0.971 bits per heavy atom. The van der Waals surface area contributed by atoms with Gasteiger partial charge in [-0.15, -0.1) is 23.2 Å². The number of nitrogens with zero attached hydrogens (tertiary/aromatic N) is 2. The van der Waals surface area contributed by atoms with Gasteiger partial charge in [0.1, 0.15) is 11.4 Å². The van der Waals surface area contributed by atoms with Gasteiger partial charge in [-0.1, -0.05) is 20.8 Å². The van der Waals surface area contributed by atoms with Crippen LogP contribution in [0.5, 0.6) is 0 Å². The first kappa shape index (κ1) is 30.0. The van der Waals surface area contributed by atoms with E-state index in [-0.39, 0.29) is 29.4 Å². The number of carboxylic acid groups (broad SMARTS) is 2. The van der Waals surface area contributed by atoms with Crippen LogP contribution in [0.15, 0.2) is 18.2 Å². The van der Waals surface area contributed by atoms with E-state index in [0.29, 0.717) is 13.1 Å². The lowest BCUT2D eigenvalue weighted by molar-refractivity contribution is -0.164. The largest absolute Gasteiger partial charge is 0.481 e. The summed E-state index contributed by atoms with van der Waals surface area (Å²) in [5.41, 5.74) is -3.77. The molecule has 1 aromatic carbocycles. The summed E-state index contributed by atoms with van der Waals surface area (Å²) in [6.07, 6.45) is -0.771. The molecule has 0 spiro atoms. The first-order chi connectivity index (χ1) is 15.5. The predicted octanol–water partition coefficient (Wildman–Crippen LogP) is 5.08. The van der Waals surface area contributed by atoms with Gasteiger partial charge in [0, 0.05) is 42.4 Å². The van der Waals surface area contributed by atoms with E-state index in [1.807, 2.05) is 0 Å². The molecule has 0 saturated carbocycles. The molecular weight excluding hydrogens is 486 g/mol. The van der Waals surface area contributed by atoms with Crippen molar-refractivity contribution in [2.75, 3.05) is 29.7 Å². The maximum atomic E-state index is 15.1. The van der Waals surface area contributed by atoms with E-state index >= 15 is 4.39 Å². The molecule has 0 aliphatic carbocycles. The molecule has 0 heterocycles. The number of anilines is 1. The Hall–Kier alpha value is -2.06. The molecule has 0 saturated heterocycles.